The first kappa shape index (κ1) is 14.5. The van der Waals surface area contributed by atoms with E-state index in [2.05, 4.69) is 25.3 Å². The number of thiophene rings is 1. The van der Waals surface area contributed by atoms with E-state index in [9.17, 15) is 0 Å². The summed E-state index contributed by atoms with van der Waals surface area (Å²) in [5.41, 5.74) is 2.44. The minimum atomic E-state index is 0.444. The molecule has 23 heavy (non-hydrogen) atoms. The molecular weight excluding hydrogens is 352 g/mol. The molecule has 4 heterocycles. The van der Waals surface area contributed by atoms with Gasteiger partial charge in [0.25, 0.3) is 5.89 Å². The van der Waals surface area contributed by atoms with E-state index in [1.165, 1.54) is 23.1 Å². The Morgan fingerprint density at radius 3 is 3.09 bits per heavy atom. The Bertz CT molecular complexity index is 896. The molecule has 0 saturated heterocycles. The van der Waals surface area contributed by atoms with E-state index in [4.69, 9.17) is 4.52 Å². The van der Waals surface area contributed by atoms with Gasteiger partial charge in [-0.3, -0.25) is 0 Å². The Hall–Kier alpha value is -2.04. The zero-order valence-electron chi connectivity index (χ0n) is 11.9. The third kappa shape index (κ3) is 2.92. The third-order valence-electron chi connectivity index (χ3n) is 3.03. The molecule has 0 amide bonds. The average Bonchev–Trinajstić information content (AvgIpc) is 3.33. The maximum absolute atomic E-state index is 5.22. The van der Waals surface area contributed by atoms with Crippen molar-refractivity contribution in [2.45, 2.75) is 10.9 Å². The fraction of sp³-hybridized carbons (Fsp3) is 0.154. The van der Waals surface area contributed by atoms with Gasteiger partial charge in [0, 0.05) is 12.4 Å². The second-order valence-electron chi connectivity index (χ2n) is 4.52. The molecule has 0 saturated carbocycles. The summed E-state index contributed by atoms with van der Waals surface area (Å²) in [6, 6.07) is 4.03. The highest BCUT2D eigenvalue weighted by Crippen LogP contribution is 2.27. The van der Waals surface area contributed by atoms with Crippen molar-refractivity contribution in [1.29, 1.82) is 0 Å². The molecular formula is C13H10N6OS3. The largest absolute Gasteiger partial charge is 0.332 e. The monoisotopic (exact) mass is 362 g/mol. The molecule has 0 fully saturated rings. The molecule has 0 spiro atoms. The Balaban J connectivity index is 1.48. The van der Waals surface area contributed by atoms with E-state index in [1.807, 2.05) is 34.5 Å². The van der Waals surface area contributed by atoms with Gasteiger partial charge in [0.05, 0.1) is 16.1 Å². The second-order valence-corrected chi connectivity index (χ2v) is 7.13. The molecule has 0 atom stereocenters. The van der Waals surface area contributed by atoms with E-state index in [0.717, 1.165) is 15.9 Å². The van der Waals surface area contributed by atoms with Gasteiger partial charge in [-0.2, -0.15) is 4.98 Å². The van der Waals surface area contributed by atoms with Crippen LogP contribution in [0.25, 0.3) is 22.3 Å². The first-order valence-corrected chi connectivity index (χ1v) is 9.39. The van der Waals surface area contributed by atoms with E-state index < -0.39 is 0 Å². The molecule has 0 bridgehead atoms. The summed E-state index contributed by atoms with van der Waals surface area (Å²) in [5.74, 6) is 2.47. The topological polar surface area (TPSA) is 82.5 Å². The summed E-state index contributed by atoms with van der Waals surface area (Å²) in [6.07, 6.45) is 0. The van der Waals surface area contributed by atoms with Crippen molar-refractivity contribution < 1.29 is 4.52 Å². The molecule has 10 heteroatoms. The van der Waals surface area contributed by atoms with Gasteiger partial charge in [0.2, 0.25) is 0 Å². The van der Waals surface area contributed by atoms with Gasteiger partial charge in [0.1, 0.15) is 5.69 Å². The molecule has 0 unspecified atom stereocenters. The fourth-order valence-electron chi connectivity index (χ4n) is 1.92. The van der Waals surface area contributed by atoms with Crippen LogP contribution in [0.3, 0.4) is 0 Å². The van der Waals surface area contributed by atoms with Crippen LogP contribution in [0.2, 0.25) is 0 Å². The smallest absolute Gasteiger partial charge is 0.277 e. The van der Waals surface area contributed by atoms with Crippen LogP contribution in [0.1, 0.15) is 5.82 Å². The van der Waals surface area contributed by atoms with Gasteiger partial charge in [-0.1, -0.05) is 23.0 Å². The molecule has 0 aliphatic heterocycles. The van der Waals surface area contributed by atoms with Gasteiger partial charge in [-0.05, 0) is 11.4 Å². The molecule has 0 radical (unpaired) electrons. The number of hydrogen-bond donors (Lipinski definition) is 0. The molecule has 0 aliphatic carbocycles. The van der Waals surface area contributed by atoms with Crippen LogP contribution in [0.5, 0.6) is 0 Å². The number of aromatic nitrogens is 6. The highest BCUT2D eigenvalue weighted by Gasteiger charge is 2.15. The summed E-state index contributed by atoms with van der Waals surface area (Å²) in [7, 11) is 1.95. The van der Waals surface area contributed by atoms with Crippen molar-refractivity contribution in [1.82, 2.24) is 29.9 Å². The van der Waals surface area contributed by atoms with Crippen LogP contribution in [0, 0.1) is 0 Å². The zero-order chi connectivity index (χ0) is 15.6. The number of thioether (sulfide) groups is 1. The Kier molecular flexibility index (Phi) is 3.93. The predicted octanol–water partition coefficient (Wildman–Crippen LogP) is 3.34. The van der Waals surface area contributed by atoms with Crippen LogP contribution in [0.4, 0.5) is 0 Å². The highest BCUT2D eigenvalue weighted by molar-refractivity contribution is 7.98. The molecule has 0 aromatic carbocycles. The summed E-state index contributed by atoms with van der Waals surface area (Å²) < 4.78 is 7.19. The van der Waals surface area contributed by atoms with Crippen LogP contribution in [-0.4, -0.2) is 29.9 Å². The van der Waals surface area contributed by atoms with Crippen molar-refractivity contribution in [2.75, 3.05) is 0 Å². The average molecular weight is 362 g/mol. The van der Waals surface area contributed by atoms with Crippen LogP contribution in [-0.2, 0) is 12.8 Å². The zero-order valence-corrected chi connectivity index (χ0v) is 14.4. The number of nitrogens with zero attached hydrogens (tertiary/aromatic N) is 6. The fourth-order valence-corrected chi connectivity index (χ4v) is 3.95. The Morgan fingerprint density at radius 1 is 1.35 bits per heavy atom. The Labute approximate surface area is 143 Å². The van der Waals surface area contributed by atoms with Crippen molar-refractivity contribution in [2.24, 2.45) is 7.05 Å². The lowest BCUT2D eigenvalue weighted by atomic mass is 10.4. The summed E-state index contributed by atoms with van der Waals surface area (Å²) in [4.78, 5) is 9.59. The molecule has 116 valence electrons. The quantitative estimate of drug-likeness (QED) is 0.503. The minimum Gasteiger partial charge on any atom is -0.332 e. The standard InChI is InChI=1S/C13H10N6OS3/c1-19-11(9-3-2-4-22-9)16-17-13(19)23-6-10-15-12(20-18-10)8-5-21-7-14-8/h2-5,7H,6H2,1H3. The number of thiazole rings is 1. The van der Waals surface area contributed by atoms with Crippen LogP contribution < -0.4 is 0 Å². The van der Waals surface area contributed by atoms with Crippen LogP contribution >= 0.6 is 34.4 Å². The third-order valence-corrected chi connectivity index (χ3v) is 5.49. The number of hydrogen-bond acceptors (Lipinski definition) is 9. The Morgan fingerprint density at radius 2 is 2.30 bits per heavy atom. The summed E-state index contributed by atoms with van der Waals surface area (Å²) in [6.45, 7) is 0. The van der Waals surface area contributed by atoms with E-state index >= 15 is 0 Å². The lowest BCUT2D eigenvalue weighted by molar-refractivity contribution is 0.424. The first-order valence-electron chi connectivity index (χ1n) is 6.58. The lowest BCUT2D eigenvalue weighted by Crippen LogP contribution is -1.94. The van der Waals surface area contributed by atoms with E-state index in [-0.39, 0.29) is 0 Å². The molecule has 4 aromatic rings. The molecule has 4 aromatic heterocycles. The predicted molar refractivity (Wildman–Crippen MR) is 89.3 cm³/mol. The lowest BCUT2D eigenvalue weighted by Gasteiger charge is -2.00. The van der Waals surface area contributed by atoms with Gasteiger partial charge in [-0.25, -0.2) is 4.98 Å². The van der Waals surface area contributed by atoms with Crippen molar-refractivity contribution in [3.05, 3.63) is 34.2 Å². The van der Waals surface area contributed by atoms with Gasteiger partial charge < -0.3 is 9.09 Å². The summed E-state index contributed by atoms with van der Waals surface area (Å²) in [5, 5.41) is 17.2. The first-order chi connectivity index (χ1) is 11.3. The maximum atomic E-state index is 5.22. The summed E-state index contributed by atoms with van der Waals surface area (Å²) >= 11 is 4.65. The molecule has 0 aliphatic rings. The normalized spacial score (nSPS) is 11.2. The van der Waals surface area contributed by atoms with Crippen molar-refractivity contribution >= 4 is 34.4 Å². The highest BCUT2D eigenvalue weighted by atomic mass is 32.2. The molecule has 7 nitrogen and oxygen atoms in total. The van der Waals surface area contributed by atoms with Crippen molar-refractivity contribution in [3.63, 3.8) is 0 Å². The number of rotatable bonds is 5. The molecule has 0 N–H and O–H groups in total. The molecule has 4 rings (SSSR count). The van der Waals surface area contributed by atoms with E-state index in [0.29, 0.717) is 23.2 Å². The van der Waals surface area contributed by atoms with Gasteiger partial charge in [-0.15, -0.1) is 32.9 Å². The second kappa shape index (κ2) is 6.22. The van der Waals surface area contributed by atoms with Gasteiger partial charge >= 0.3 is 0 Å². The van der Waals surface area contributed by atoms with Gasteiger partial charge in [0.15, 0.2) is 16.8 Å². The van der Waals surface area contributed by atoms with Crippen molar-refractivity contribution in [3.8, 4) is 22.3 Å². The maximum Gasteiger partial charge on any atom is 0.277 e. The van der Waals surface area contributed by atoms with E-state index in [1.54, 1.807) is 16.8 Å². The van der Waals surface area contributed by atoms with Crippen LogP contribution in [0.15, 0.2) is 38.1 Å². The minimum absolute atomic E-state index is 0.444. The SMILES string of the molecule is Cn1c(SCc2noc(-c3cscn3)n2)nnc1-c1cccs1.